The summed E-state index contributed by atoms with van der Waals surface area (Å²) in [6, 6.07) is 0. The Bertz CT molecular complexity index is 257. The van der Waals surface area contributed by atoms with E-state index in [1.807, 2.05) is 5.38 Å². The maximum absolute atomic E-state index is 11.3. The number of thiazole rings is 1. The summed E-state index contributed by atoms with van der Waals surface area (Å²) in [6.07, 6.45) is 0.399. The largest absolute Gasteiger partial charge is 0.356 e. The SMILES string of the molecule is CC(C)CNC(=O)Cc1cscn1. The summed E-state index contributed by atoms with van der Waals surface area (Å²) < 4.78 is 0. The zero-order valence-corrected chi connectivity index (χ0v) is 8.73. The maximum atomic E-state index is 11.3. The summed E-state index contributed by atoms with van der Waals surface area (Å²) in [5.74, 6) is 0.555. The normalized spacial score (nSPS) is 10.4. The maximum Gasteiger partial charge on any atom is 0.226 e. The number of nitrogens with zero attached hydrogens (tertiary/aromatic N) is 1. The summed E-state index contributed by atoms with van der Waals surface area (Å²) in [5, 5.41) is 4.74. The van der Waals surface area contributed by atoms with Gasteiger partial charge in [-0.15, -0.1) is 11.3 Å². The Morgan fingerprint density at radius 1 is 1.69 bits per heavy atom. The van der Waals surface area contributed by atoms with Gasteiger partial charge in [-0.25, -0.2) is 4.98 Å². The predicted octanol–water partition coefficient (Wildman–Crippen LogP) is 1.46. The van der Waals surface area contributed by atoms with Crippen molar-refractivity contribution in [1.29, 1.82) is 0 Å². The molecule has 0 spiro atoms. The molecule has 0 unspecified atom stereocenters. The van der Waals surface area contributed by atoms with Crippen molar-refractivity contribution in [1.82, 2.24) is 10.3 Å². The molecule has 1 N–H and O–H groups in total. The Kier molecular flexibility index (Phi) is 3.89. The number of hydrogen-bond acceptors (Lipinski definition) is 3. The average molecular weight is 198 g/mol. The van der Waals surface area contributed by atoms with Crippen LogP contribution >= 0.6 is 11.3 Å². The molecular formula is C9H14N2OS. The number of carbonyl (C=O) groups excluding carboxylic acids is 1. The van der Waals surface area contributed by atoms with Crippen LogP contribution in [0.1, 0.15) is 19.5 Å². The second-order valence-corrected chi connectivity index (χ2v) is 4.07. The van der Waals surface area contributed by atoms with E-state index < -0.39 is 0 Å². The first-order valence-electron chi connectivity index (χ1n) is 4.32. The van der Waals surface area contributed by atoms with E-state index in [-0.39, 0.29) is 5.91 Å². The van der Waals surface area contributed by atoms with Crippen molar-refractivity contribution < 1.29 is 4.79 Å². The van der Waals surface area contributed by atoms with Gasteiger partial charge < -0.3 is 5.32 Å². The molecule has 0 atom stereocenters. The fourth-order valence-corrected chi connectivity index (χ4v) is 1.43. The lowest BCUT2D eigenvalue weighted by Crippen LogP contribution is -2.28. The zero-order chi connectivity index (χ0) is 9.68. The minimum Gasteiger partial charge on any atom is -0.356 e. The molecule has 0 radical (unpaired) electrons. The van der Waals surface area contributed by atoms with Crippen LogP contribution in [0.2, 0.25) is 0 Å². The average Bonchev–Trinajstić information content (AvgIpc) is 2.53. The number of hydrogen-bond donors (Lipinski definition) is 1. The molecule has 1 heterocycles. The zero-order valence-electron chi connectivity index (χ0n) is 7.91. The van der Waals surface area contributed by atoms with Gasteiger partial charge in [0.15, 0.2) is 0 Å². The van der Waals surface area contributed by atoms with Gasteiger partial charge in [0.1, 0.15) is 0 Å². The van der Waals surface area contributed by atoms with Gasteiger partial charge in [0.2, 0.25) is 5.91 Å². The minimum absolute atomic E-state index is 0.0552. The van der Waals surface area contributed by atoms with Crippen molar-refractivity contribution in [2.24, 2.45) is 5.92 Å². The lowest BCUT2D eigenvalue weighted by Gasteiger charge is -2.05. The van der Waals surface area contributed by atoms with Crippen molar-refractivity contribution >= 4 is 17.2 Å². The van der Waals surface area contributed by atoms with Gasteiger partial charge >= 0.3 is 0 Å². The van der Waals surface area contributed by atoms with Gasteiger partial charge in [-0.3, -0.25) is 4.79 Å². The molecule has 1 aromatic heterocycles. The highest BCUT2D eigenvalue weighted by Gasteiger charge is 2.04. The Hall–Kier alpha value is -0.900. The van der Waals surface area contributed by atoms with Crippen molar-refractivity contribution in [3.63, 3.8) is 0 Å². The molecule has 0 aliphatic rings. The van der Waals surface area contributed by atoms with Crippen LogP contribution in [0.25, 0.3) is 0 Å². The smallest absolute Gasteiger partial charge is 0.226 e. The Morgan fingerprint density at radius 2 is 2.46 bits per heavy atom. The second kappa shape index (κ2) is 4.97. The fourth-order valence-electron chi connectivity index (χ4n) is 0.870. The summed E-state index contributed by atoms with van der Waals surface area (Å²) in [6.45, 7) is 4.88. The van der Waals surface area contributed by atoms with Crippen molar-refractivity contribution in [2.75, 3.05) is 6.54 Å². The van der Waals surface area contributed by atoms with Crippen LogP contribution in [0.5, 0.6) is 0 Å². The molecule has 0 bridgehead atoms. The van der Waals surface area contributed by atoms with E-state index in [9.17, 15) is 4.79 Å². The molecule has 1 rings (SSSR count). The van der Waals surface area contributed by atoms with Crippen LogP contribution in [0.4, 0.5) is 0 Å². The lowest BCUT2D eigenvalue weighted by atomic mass is 10.2. The number of carbonyl (C=O) groups is 1. The molecule has 1 amide bonds. The number of rotatable bonds is 4. The van der Waals surface area contributed by atoms with Gasteiger partial charge in [-0.1, -0.05) is 13.8 Å². The van der Waals surface area contributed by atoms with Gasteiger partial charge in [-0.2, -0.15) is 0 Å². The van der Waals surface area contributed by atoms with E-state index in [1.54, 1.807) is 5.51 Å². The molecule has 72 valence electrons. The topological polar surface area (TPSA) is 42.0 Å². The van der Waals surface area contributed by atoms with E-state index in [0.29, 0.717) is 12.3 Å². The van der Waals surface area contributed by atoms with Crippen LogP contribution < -0.4 is 5.32 Å². The Morgan fingerprint density at radius 3 is 3.00 bits per heavy atom. The highest BCUT2D eigenvalue weighted by atomic mass is 32.1. The summed E-state index contributed by atoms with van der Waals surface area (Å²) in [5.41, 5.74) is 2.59. The van der Waals surface area contributed by atoms with Crippen LogP contribution in [0.15, 0.2) is 10.9 Å². The van der Waals surface area contributed by atoms with Gasteiger partial charge in [0.25, 0.3) is 0 Å². The van der Waals surface area contributed by atoms with Crippen LogP contribution in [-0.4, -0.2) is 17.4 Å². The molecule has 0 aliphatic heterocycles. The highest BCUT2D eigenvalue weighted by Crippen LogP contribution is 2.01. The fraction of sp³-hybridized carbons (Fsp3) is 0.556. The van der Waals surface area contributed by atoms with E-state index in [4.69, 9.17) is 0 Å². The number of nitrogens with one attached hydrogen (secondary N) is 1. The van der Waals surface area contributed by atoms with Crippen molar-refractivity contribution in [2.45, 2.75) is 20.3 Å². The molecule has 0 aromatic carbocycles. The third kappa shape index (κ3) is 4.03. The second-order valence-electron chi connectivity index (χ2n) is 3.35. The van der Waals surface area contributed by atoms with Crippen LogP contribution in [0.3, 0.4) is 0 Å². The molecular weight excluding hydrogens is 184 g/mol. The van der Waals surface area contributed by atoms with E-state index in [2.05, 4.69) is 24.1 Å². The molecule has 0 aliphatic carbocycles. The first-order valence-corrected chi connectivity index (χ1v) is 5.26. The number of amides is 1. The third-order valence-corrected chi connectivity index (χ3v) is 2.17. The van der Waals surface area contributed by atoms with E-state index in [0.717, 1.165) is 12.2 Å². The predicted molar refractivity (Wildman–Crippen MR) is 53.7 cm³/mol. The number of aromatic nitrogens is 1. The summed E-state index contributed by atoms with van der Waals surface area (Å²) in [7, 11) is 0. The van der Waals surface area contributed by atoms with Gasteiger partial charge in [-0.05, 0) is 5.92 Å². The van der Waals surface area contributed by atoms with Crippen molar-refractivity contribution in [3.05, 3.63) is 16.6 Å². The highest BCUT2D eigenvalue weighted by molar-refractivity contribution is 7.07. The monoisotopic (exact) mass is 198 g/mol. The molecule has 3 nitrogen and oxygen atoms in total. The first kappa shape index (κ1) is 10.2. The lowest BCUT2D eigenvalue weighted by molar-refractivity contribution is -0.120. The molecule has 0 fully saturated rings. The summed E-state index contributed by atoms with van der Waals surface area (Å²) in [4.78, 5) is 15.3. The van der Waals surface area contributed by atoms with Crippen LogP contribution in [-0.2, 0) is 11.2 Å². The first-order chi connectivity index (χ1) is 6.18. The molecule has 0 saturated carbocycles. The van der Waals surface area contributed by atoms with Crippen molar-refractivity contribution in [3.8, 4) is 0 Å². The summed E-state index contributed by atoms with van der Waals surface area (Å²) >= 11 is 1.51. The van der Waals surface area contributed by atoms with Gasteiger partial charge in [0, 0.05) is 11.9 Å². The molecule has 0 saturated heterocycles. The van der Waals surface area contributed by atoms with E-state index in [1.165, 1.54) is 11.3 Å². The quantitative estimate of drug-likeness (QED) is 0.795. The van der Waals surface area contributed by atoms with Gasteiger partial charge in [0.05, 0.1) is 17.6 Å². The molecule has 4 heteroatoms. The molecule has 13 heavy (non-hydrogen) atoms. The Labute approximate surface area is 82.2 Å². The third-order valence-electron chi connectivity index (χ3n) is 1.53. The van der Waals surface area contributed by atoms with E-state index >= 15 is 0 Å². The minimum atomic E-state index is 0.0552. The molecule has 1 aromatic rings. The van der Waals surface area contributed by atoms with Crippen LogP contribution in [0, 0.1) is 5.92 Å². The Balaban J connectivity index is 2.26. The standard InChI is InChI=1S/C9H14N2OS/c1-7(2)4-10-9(12)3-8-5-13-6-11-8/h5-7H,3-4H2,1-2H3,(H,10,12).